The Hall–Kier alpha value is -1.77. The van der Waals surface area contributed by atoms with Crippen LogP contribution >= 0.6 is 0 Å². The lowest BCUT2D eigenvalue weighted by Crippen LogP contribution is -2.39. The van der Waals surface area contributed by atoms with Crippen molar-refractivity contribution in [3.8, 4) is 5.75 Å². The Morgan fingerprint density at radius 3 is 2.87 bits per heavy atom. The van der Waals surface area contributed by atoms with Crippen LogP contribution in [-0.4, -0.2) is 17.2 Å². The number of aromatic hydroxyl groups is 1. The van der Waals surface area contributed by atoms with Crippen molar-refractivity contribution in [3.05, 3.63) is 34.9 Å². The molecule has 0 heterocycles. The van der Waals surface area contributed by atoms with Gasteiger partial charge in [0, 0.05) is 12.3 Å². The van der Waals surface area contributed by atoms with Crippen LogP contribution in [0.3, 0.4) is 0 Å². The molecule has 0 spiro atoms. The van der Waals surface area contributed by atoms with Crippen molar-refractivity contribution in [1.82, 2.24) is 0 Å². The summed E-state index contributed by atoms with van der Waals surface area (Å²) in [6.07, 6.45) is 6.40. The fourth-order valence-corrected chi connectivity index (χ4v) is 5.25. The number of allylic oxidation sites excluding steroid dienone is 2. The van der Waals surface area contributed by atoms with Gasteiger partial charge in [0.05, 0.1) is 0 Å². The fourth-order valence-electron chi connectivity index (χ4n) is 5.25. The summed E-state index contributed by atoms with van der Waals surface area (Å²) in [5.41, 5.74) is 5.80. The minimum absolute atomic E-state index is 0.0697. The summed E-state index contributed by atoms with van der Waals surface area (Å²) in [5.74, 6) is 0.753. The van der Waals surface area contributed by atoms with Gasteiger partial charge < -0.3 is 9.84 Å². The van der Waals surface area contributed by atoms with Gasteiger partial charge in [-0.25, -0.2) is 0 Å². The molecule has 3 heteroatoms. The van der Waals surface area contributed by atoms with Crippen molar-refractivity contribution in [2.75, 3.05) is 0 Å². The average molecular weight is 312 g/mol. The van der Waals surface area contributed by atoms with Crippen molar-refractivity contribution in [2.24, 2.45) is 11.3 Å². The first kappa shape index (κ1) is 14.8. The van der Waals surface area contributed by atoms with Crippen molar-refractivity contribution in [2.45, 2.75) is 58.5 Å². The van der Waals surface area contributed by atoms with Crippen LogP contribution in [0.1, 0.15) is 57.1 Å². The lowest BCUT2D eigenvalue weighted by atomic mass is 9.62. The molecule has 3 nitrogen and oxygen atoms in total. The molecular formula is C20H24O3. The number of aryl methyl sites for hydroxylation is 1. The van der Waals surface area contributed by atoms with Gasteiger partial charge in [0.1, 0.15) is 11.9 Å². The molecule has 0 aromatic heterocycles. The SMILES string of the molecule is CC(=O)O[C@H]1CC[C@H]2C3=C(CC[C@]12C)c1ccc(O)cc1CC3. The van der Waals surface area contributed by atoms with Crippen LogP contribution in [0.5, 0.6) is 5.75 Å². The molecule has 3 aliphatic carbocycles. The molecule has 4 rings (SSSR count). The highest BCUT2D eigenvalue weighted by atomic mass is 16.5. The van der Waals surface area contributed by atoms with E-state index in [4.69, 9.17) is 4.74 Å². The average Bonchev–Trinajstić information content (AvgIpc) is 2.83. The van der Waals surface area contributed by atoms with E-state index in [2.05, 4.69) is 13.0 Å². The molecule has 3 aliphatic rings. The number of rotatable bonds is 1. The molecule has 0 saturated heterocycles. The number of phenolic OH excluding ortho intramolecular Hbond substituents is 1. The van der Waals surface area contributed by atoms with Crippen LogP contribution in [0, 0.1) is 11.3 Å². The summed E-state index contributed by atoms with van der Waals surface area (Å²) < 4.78 is 5.65. The molecule has 0 bridgehead atoms. The van der Waals surface area contributed by atoms with Crippen molar-refractivity contribution in [1.29, 1.82) is 0 Å². The fraction of sp³-hybridized carbons (Fsp3) is 0.550. The number of phenols is 1. The van der Waals surface area contributed by atoms with Crippen molar-refractivity contribution in [3.63, 3.8) is 0 Å². The first-order valence-electron chi connectivity index (χ1n) is 8.70. The smallest absolute Gasteiger partial charge is 0.302 e. The highest BCUT2D eigenvalue weighted by Crippen LogP contribution is 2.58. The molecule has 0 radical (unpaired) electrons. The van der Waals surface area contributed by atoms with Crippen molar-refractivity contribution >= 4 is 11.5 Å². The second kappa shape index (κ2) is 5.12. The van der Waals surface area contributed by atoms with E-state index in [1.807, 2.05) is 6.07 Å². The number of esters is 1. The van der Waals surface area contributed by atoms with Gasteiger partial charge in [-0.1, -0.05) is 18.6 Å². The zero-order chi connectivity index (χ0) is 16.2. The van der Waals surface area contributed by atoms with Crippen molar-refractivity contribution < 1.29 is 14.6 Å². The molecule has 23 heavy (non-hydrogen) atoms. The summed E-state index contributed by atoms with van der Waals surface area (Å²) in [6.45, 7) is 3.84. The Balaban J connectivity index is 1.72. The predicted molar refractivity (Wildman–Crippen MR) is 89.0 cm³/mol. The maximum atomic E-state index is 11.4. The Kier molecular flexibility index (Phi) is 3.29. The minimum Gasteiger partial charge on any atom is -0.508 e. The quantitative estimate of drug-likeness (QED) is 0.789. The van der Waals surface area contributed by atoms with Crippen LogP contribution in [0.2, 0.25) is 0 Å². The Bertz CT molecular complexity index is 703. The van der Waals surface area contributed by atoms with Gasteiger partial charge in [0.25, 0.3) is 0 Å². The summed E-state index contributed by atoms with van der Waals surface area (Å²) in [5, 5.41) is 9.73. The Morgan fingerprint density at radius 1 is 1.26 bits per heavy atom. The van der Waals surface area contributed by atoms with Crippen LogP contribution in [0.15, 0.2) is 23.8 Å². The normalized spacial score (nSPS) is 32.1. The maximum Gasteiger partial charge on any atom is 0.302 e. The molecule has 1 aromatic rings. The van der Waals surface area contributed by atoms with Gasteiger partial charge in [-0.2, -0.15) is 0 Å². The van der Waals surface area contributed by atoms with Crippen LogP contribution in [0.4, 0.5) is 0 Å². The molecule has 3 atom stereocenters. The van der Waals surface area contributed by atoms with E-state index < -0.39 is 0 Å². The number of ether oxygens (including phenoxy) is 1. The highest BCUT2D eigenvalue weighted by Gasteiger charge is 2.52. The van der Waals surface area contributed by atoms with E-state index in [1.54, 1.807) is 11.6 Å². The second-order valence-corrected chi connectivity index (χ2v) is 7.58. The monoisotopic (exact) mass is 312 g/mol. The first-order chi connectivity index (χ1) is 11.0. The van der Waals surface area contributed by atoms with Gasteiger partial charge in [-0.3, -0.25) is 4.79 Å². The van der Waals surface area contributed by atoms with Gasteiger partial charge in [-0.15, -0.1) is 0 Å². The molecule has 1 fully saturated rings. The van der Waals surface area contributed by atoms with E-state index in [0.29, 0.717) is 11.7 Å². The third kappa shape index (κ3) is 2.20. The number of fused-ring (bicyclic) bond motifs is 4. The number of hydrogen-bond donors (Lipinski definition) is 1. The maximum absolute atomic E-state index is 11.4. The number of carbonyl (C=O) groups is 1. The molecule has 0 aliphatic heterocycles. The van der Waals surface area contributed by atoms with E-state index in [1.165, 1.54) is 23.6 Å². The first-order valence-corrected chi connectivity index (χ1v) is 8.70. The zero-order valence-corrected chi connectivity index (χ0v) is 13.9. The highest BCUT2D eigenvalue weighted by molar-refractivity contribution is 5.75. The Morgan fingerprint density at radius 2 is 2.09 bits per heavy atom. The van der Waals surface area contributed by atoms with E-state index in [9.17, 15) is 9.90 Å². The summed E-state index contributed by atoms with van der Waals surface area (Å²) in [4.78, 5) is 11.4. The molecule has 1 saturated carbocycles. The summed E-state index contributed by atoms with van der Waals surface area (Å²) in [6, 6.07) is 5.81. The molecular weight excluding hydrogens is 288 g/mol. The van der Waals surface area contributed by atoms with Gasteiger partial charge in [0.2, 0.25) is 0 Å². The second-order valence-electron chi connectivity index (χ2n) is 7.58. The molecule has 1 aromatic carbocycles. The topological polar surface area (TPSA) is 46.5 Å². The molecule has 0 amide bonds. The number of benzene rings is 1. The zero-order valence-electron chi connectivity index (χ0n) is 13.9. The largest absolute Gasteiger partial charge is 0.508 e. The third-order valence-corrected chi connectivity index (χ3v) is 6.36. The van der Waals surface area contributed by atoms with Gasteiger partial charge in [-0.05, 0) is 73.3 Å². The summed E-state index contributed by atoms with van der Waals surface area (Å²) in [7, 11) is 0. The van der Waals surface area contributed by atoms with E-state index in [-0.39, 0.29) is 17.5 Å². The van der Waals surface area contributed by atoms with Crippen LogP contribution in [0.25, 0.3) is 5.57 Å². The lowest BCUT2D eigenvalue weighted by molar-refractivity contribution is -0.152. The number of hydrogen-bond acceptors (Lipinski definition) is 3. The van der Waals surface area contributed by atoms with Gasteiger partial charge in [0.15, 0.2) is 0 Å². The molecule has 1 N–H and O–H groups in total. The van der Waals surface area contributed by atoms with Crippen LogP contribution in [-0.2, 0) is 16.0 Å². The number of carbonyl (C=O) groups excluding carboxylic acids is 1. The molecule has 0 unspecified atom stereocenters. The lowest BCUT2D eigenvalue weighted by Gasteiger charge is -2.44. The molecule has 122 valence electrons. The Labute approximate surface area is 137 Å². The minimum atomic E-state index is -0.152. The van der Waals surface area contributed by atoms with Gasteiger partial charge >= 0.3 is 5.97 Å². The predicted octanol–water partition coefficient (Wildman–Crippen LogP) is 4.23. The van der Waals surface area contributed by atoms with Crippen LogP contribution < -0.4 is 0 Å². The summed E-state index contributed by atoms with van der Waals surface area (Å²) >= 11 is 0. The van der Waals surface area contributed by atoms with E-state index >= 15 is 0 Å². The van der Waals surface area contributed by atoms with E-state index in [0.717, 1.165) is 38.5 Å². The standard InChI is InChI=1S/C20H24O3/c1-12(21)23-19-8-7-18-17-5-3-13-11-14(22)4-6-15(13)16(17)9-10-20(18,19)2/h4,6,11,18-19,22H,3,5,7-10H2,1-2H3/t18-,19-,20-/m0/s1. The third-order valence-electron chi connectivity index (χ3n) is 6.36.